The number of rotatable bonds is 5. The van der Waals surface area contributed by atoms with Crippen molar-refractivity contribution in [3.63, 3.8) is 0 Å². The molecule has 4 nitrogen and oxygen atoms in total. The van der Waals surface area contributed by atoms with E-state index in [1.807, 2.05) is 11.4 Å². The summed E-state index contributed by atoms with van der Waals surface area (Å²) in [5, 5.41) is 8.57. The highest BCUT2D eigenvalue weighted by molar-refractivity contribution is 7.10. The van der Waals surface area contributed by atoms with Gasteiger partial charge in [-0.15, -0.1) is 11.3 Å². The topological polar surface area (TPSA) is 50.4 Å². The van der Waals surface area contributed by atoms with Gasteiger partial charge in [-0.2, -0.15) is 0 Å². The van der Waals surface area contributed by atoms with Gasteiger partial charge in [-0.3, -0.25) is 4.79 Å². The summed E-state index contributed by atoms with van der Waals surface area (Å²) >= 11 is 1.63. The molecule has 1 aliphatic heterocycles. The molecule has 2 atom stereocenters. The van der Waals surface area contributed by atoms with Gasteiger partial charge in [0.2, 0.25) is 5.92 Å². The Hall–Kier alpha value is -1.05. The van der Waals surface area contributed by atoms with Crippen molar-refractivity contribution >= 4 is 17.2 Å². The number of halogens is 2. The van der Waals surface area contributed by atoms with Crippen molar-refractivity contribution in [1.82, 2.24) is 10.6 Å². The van der Waals surface area contributed by atoms with Crippen molar-refractivity contribution in [3.05, 3.63) is 21.9 Å². The predicted molar refractivity (Wildman–Crippen MR) is 97.1 cm³/mol. The molecule has 3 fully saturated rings. The van der Waals surface area contributed by atoms with Gasteiger partial charge in [-0.05, 0) is 38.2 Å². The Kier molecular flexibility index (Phi) is 5.30. The Bertz CT molecular complexity index is 635. The molecule has 1 aromatic rings. The number of nitrogens with one attached hydrogen (secondary N) is 2. The SMILES string of the molecule is O=C(NC1CCOCC1)c1csc([C@@H]2CC2NC2CCC(F)(F)CC2)c1. The van der Waals surface area contributed by atoms with Crippen molar-refractivity contribution in [2.75, 3.05) is 13.2 Å². The Balaban J connectivity index is 1.26. The van der Waals surface area contributed by atoms with Gasteiger partial charge in [0.1, 0.15) is 0 Å². The highest BCUT2D eigenvalue weighted by Crippen LogP contribution is 2.45. The molecule has 4 rings (SSSR count). The van der Waals surface area contributed by atoms with Crippen LogP contribution in [0.5, 0.6) is 0 Å². The molecule has 1 saturated heterocycles. The average molecular weight is 384 g/mol. The van der Waals surface area contributed by atoms with Crippen LogP contribution in [0.25, 0.3) is 0 Å². The number of amides is 1. The van der Waals surface area contributed by atoms with Crippen LogP contribution in [0.15, 0.2) is 11.4 Å². The minimum absolute atomic E-state index is 0.000860. The number of hydrogen-bond acceptors (Lipinski definition) is 4. The normalized spacial score (nSPS) is 29.5. The maximum absolute atomic E-state index is 13.2. The second kappa shape index (κ2) is 7.52. The Morgan fingerprint density at radius 2 is 1.88 bits per heavy atom. The van der Waals surface area contributed by atoms with Gasteiger partial charge in [-0.25, -0.2) is 8.78 Å². The summed E-state index contributed by atoms with van der Waals surface area (Å²) in [7, 11) is 0. The highest BCUT2D eigenvalue weighted by Gasteiger charge is 2.43. The zero-order valence-corrected chi connectivity index (χ0v) is 15.6. The molecule has 0 spiro atoms. The summed E-state index contributed by atoms with van der Waals surface area (Å²) in [5.74, 6) is -2.05. The molecule has 2 N–H and O–H groups in total. The molecule has 144 valence electrons. The first-order valence-corrected chi connectivity index (χ1v) is 10.5. The maximum atomic E-state index is 13.2. The zero-order valence-electron chi connectivity index (χ0n) is 14.8. The van der Waals surface area contributed by atoms with Gasteiger partial charge in [-0.1, -0.05) is 0 Å². The molecule has 1 aromatic heterocycles. The quantitative estimate of drug-likeness (QED) is 0.814. The second-order valence-electron chi connectivity index (χ2n) is 7.84. The van der Waals surface area contributed by atoms with Crippen LogP contribution >= 0.6 is 11.3 Å². The van der Waals surface area contributed by atoms with E-state index < -0.39 is 5.92 Å². The van der Waals surface area contributed by atoms with E-state index in [9.17, 15) is 13.6 Å². The number of carbonyl (C=O) groups excluding carboxylic acids is 1. The number of ether oxygens (including phenoxy) is 1. The smallest absolute Gasteiger partial charge is 0.252 e. The lowest BCUT2D eigenvalue weighted by Gasteiger charge is -2.29. The first kappa shape index (κ1) is 18.3. The van der Waals surface area contributed by atoms with Crippen molar-refractivity contribution in [3.8, 4) is 0 Å². The van der Waals surface area contributed by atoms with Crippen molar-refractivity contribution in [1.29, 1.82) is 0 Å². The van der Waals surface area contributed by atoms with Gasteiger partial charge in [0.15, 0.2) is 0 Å². The van der Waals surface area contributed by atoms with Gasteiger partial charge < -0.3 is 15.4 Å². The number of alkyl halides is 2. The van der Waals surface area contributed by atoms with Crippen molar-refractivity contribution in [2.24, 2.45) is 0 Å². The fourth-order valence-corrected chi connectivity index (χ4v) is 5.05. The molecule has 0 radical (unpaired) electrons. The van der Waals surface area contributed by atoms with Gasteiger partial charge >= 0.3 is 0 Å². The summed E-state index contributed by atoms with van der Waals surface area (Å²) < 4.78 is 31.8. The van der Waals surface area contributed by atoms with Crippen LogP contribution in [-0.4, -0.2) is 43.2 Å². The van der Waals surface area contributed by atoms with E-state index in [0.29, 0.717) is 38.0 Å². The molecular weight excluding hydrogens is 358 g/mol. The molecule has 0 aromatic carbocycles. The summed E-state index contributed by atoms with van der Waals surface area (Å²) in [6.07, 6.45) is 3.89. The minimum Gasteiger partial charge on any atom is -0.381 e. The molecular formula is C19H26F2N2O2S. The monoisotopic (exact) mass is 384 g/mol. The van der Waals surface area contributed by atoms with E-state index in [4.69, 9.17) is 4.74 Å². The first-order valence-electron chi connectivity index (χ1n) is 9.61. The van der Waals surface area contributed by atoms with Crippen LogP contribution in [0.4, 0.5) is 8.78 Å². The van der Waals surface area contributed by atoms with Crippen LogP contribution < -0.4 is 10.6 Å². The Morgan fingerprint density at radius 1 is 1.15 bits per heavy atom. The fourth-order valence-electron chi connectivity index (χ4n) is 3.98. The van der Waals surface area contributed by atoms with Crippen molar-refractivity contribution in [2.45, 2.75) is 74.9 Å². The van der Waals surface area contributed by atoms with Crippen LogP contribution in [0.2, 0.25) is 0 Å². The van der Waals surface area contributed by atoms with Crippen molar-refractivity contribution < 1.29 is 18.3 Å². The Labute approximate surface area is 156 Å². The maximum Gasteiger partial charge on any atom is 0.252 e. The largest absolute Gasteiger partial charge is 0.381 e. The van der Waals surface area contributed by atoms with E-state index in [-0.39, 0.29) is 30.8 Å². The molecule has 7 heteroatoms. The average Bonchev–Trinajstić information content (AvgIpc) is 3.20. The minimum atomic E-state index is -2.47. The molecule has 26 heavy (non-hydrogen) atoms. The summed E-state index contributed by atoms with van der Waals surface area (Å²) in [4.78, 5) is 13.6. The molecule has 2 saturated carbocycles. The molecule has 0 bridgehead atoms. The lowest BCUT2D eigenvalue weighted by molar-refractivity contribution is -0.0405. The van der Waals surface area contributed by atoms with Gasteiger partial charge in [0.05, 0.1) is 5.56 Å². The Morgan fingerprint density at radius 3 is 2.62 bits per heavy atom. The van der Waals surface area contributed by atoms with E-state index in [1.54, 1.807) is 11.3 Å². The standard InChI is InChI=1S/C19H26F2N2O2S/c20-19(21)5-1-13(2-6-19)22-16-10-15(16)17-9-12(11-26-17)18(24)23-14-3-7-25-8-4-14/h9,11,13-16,22H,1-8,10H2,(H,23,24)/t15-,16?/m1/s1. The van der Waals surface area contributed by atoms with Crippen LogP contribution in [0, 0.1) is 0 Å². The predicted octanol–water partition coefficient (Wildman–Crippen LogP) is 3.68. The highest BCUT2D eigenvalue weighted by atomic mass is 32.1. The van der Waals surface area contributed by atoms with Gasteiger partial charge in [0.25, 0.3) is 5.91 Å². The van der Waals surface area contributed by atoms with E-state index in [0.717, 1.165) is 24.8 Å². The number of hydrogen-bond donors (Lipinski definition) is 2. The lowest BCUT2D eigenvalue weighted by atomic mass is 9.92. The van der Waals surface area contributed by atoms with Gasteiger partial charge in [0, 0.05) is 60.4 Å². The van der Waals surface area contributed by atoms with Crippen LogP contribution in [0.1, 0.15) is 66.1 Å². The molecule has 1 amide bonds. The van der Waals surface area contributed by atoms with Crippen LogP contribution in [-0.2, 0) is 4.74 Å². The molecule has 2 heterocycles. The number of carbonyl (C=O) groups is 1. The summed E-state index contributed by atoms with van der Waals surface area (Å²) in [6, 6.07) is 2.79. The molecule has 1 unspecified atom stereocenters. The third-order valence-electron chi connectivity index (χ3n) is 5.76. The van der Waals surface area contributed by atoms with E-state index in [2.05, 4.69) is 10.6 Å². The third kappa shape index (κ3) is 4.43. The summed E-state index contributed by atoms with van der Waals surface area (Å²) in [6.45, 7) is 1.42. The zero-order chi connectivity index (χ0) is 18.1. The van der Waals surface area contributed by atoms with E-state index >= 15 is 0 Å². The second-order valence-corrected chi connectivity index (χ2v) is 8.79. The van der Waals surface area contributed by atoms with Crippen LogP contribution in [0.3, 0.4) is 0 Å². The lowest BCUT2D eigenvalue weighted by Crippen LogP contribution is -2.38. The first-order chi connectivity index (χ1) is 12.5. The third-order valence-corrected chi connectivity index (χ3v) is 6.83. The molecule has 3 aliphatic rings. The fraction of sp³-hybridized carbons (Fsp3) is 0.737. The molecule has 2 aliphatic carbocycles. The van der Waals surface area contributed by atoms with E-state index in [1.165, 1.54) is 4.88 Å². The summed E-state index contributed by atoms with van der Waals surface area (Å²) in [5.41, 5.74) is 0.736. The number of thiophene rings is 1.